The van der Waals surface area contributed by atoms with Gasteiger partial charge in [-0.15, -0.1) is 0 Å². The van der Waals surface area contributed by atoms with Gasteiger partial charge in [0.05, 0.1) is 0 Å². The number of hydrogen-bond acceptors (Lipinski definition) is 2. The first-order chi connectivity index (χ1) is 13.8. The lowest BCUT2D eigenvalue weighted by Gasteiger charge is -2.19. The molecule has 0 aromatic heterocycles. The number of rotatable bonds is 6. The Morgan fingerprint density at radius 2 is 1.59 bits per heavy atom. The molecule has 150 valence electrons. The van der Waals surface area contributed by atoms with Gasteiger partial charge >= 0.3 is 0 Å². The average Bonchev–Trinajstić information content (AvgIpc) is 2.71. The first-order valence-electron chi connectivity index (χ1n) is 9.67. The molecule has 0 bridgehead atoms. The molecular weight excluding hydrogens is 365 g/mol. The molecule has 0 aliphatic heterocycles. The average molecular weight is 391 g/mol. The van der Waals surface area contributed by atoms with Crippen LogP contribution < -0.4 is 10.1 Å². The lowest BCUT2D eigenvalue weighted by atomic mass is 9.87. The van der Waals surface area contributed by atoms with Crippen molar-refractivity contribution in [1.82, 2.24) is 5.32 Å². The van der Waals surface area contributed by atoms with Crippen LogP contribution in [0.3, 0.4) is 0 Å². The third kappa shape index (κ3) is 5.67. The molecule has 0 spiro atoms. The molecule has 4 heteroatoms. The van der Waals surface area contributed by atoms with Gasteiger partial charge in [0.1, 0.15) is 18.2 Å². The molecule has 3 aromatic carbocycles. The largest absolute Gasteiger partial charge is 0.489 e. The Morgan fingerprint density at radius 3 is 2.21 bits per heavy atom. The molecule has 0 aliphatic rings. The molecule has 3 nitrogen and oxygen atoms in total. The quantitative estimate of drug-likeness (QED) is 0.591. The Morgan fingerprint density at radius 1 is 0.931 bits per heavy atom. The first kappa shape index (κ1) is 20.6. The van der Waals surface area contributed by atoms with Gasteiger partial charge < -0.3 is 10.1 Å². The topological polar surface area (TPSA) is 38.3 Å². The summed E-state index contributed by atoms with van der Waals surface area (Å²) in [6, 6.07) is 21.7. The molecule has 1 amide bonds. The summed E-state index contributed by atoms with van der Waals surface area (Å²) in [6.07, 6.45) is 0. The standard InChI is InChI=1S/C25H26FNO2/c1-25(2,3)21-12-14-22(15-13-21)29-17-18-8-10-19(11-9-18)24(28)27-16-20-6-4-5-7-23(20)26/h4-15H,16-17H2,1-3H3,(H,27,28). The van der Waals surface area contributed by atoms with Crippen LogP contribution in [0.4, 0.5) is 4.39 Å². The highest BCUT2D eigenvalue weighted by Crippen LogP contribution is 2.24. The van der Waals surface area contributed by atoms with Crippen molar-refractivity contribution in [2.75, 3.05) is 0 Å². The Balaban J connectivity index is 1.53. The maximum Gasteiger partial charge on any atom is 0.251 e. The molecule has 0 saturated heterocycles. The summed E-state index contributed by atoms with van der Waals surface area (Å²) in [7, 11) is 0. The zero-order valence-electron chi connectivity index (χ0n) is 17.0. The van der Waals surface area contributed by atoms with Gasteiger partial charge in [-0.1, -0.05) is 63.2 Å². The summed E-state index contributed by atoms with van der Waals surface area (Å²) in [6.45, 7) is 7.11. The van der Waals surface area contributed by atoms with Gasteiger partial charge in [0.25, 0.3) is 5.91 Å². The van der Waals surface area contributed by atoms with Gasteiger partial charge in [-0.25, -0.2) is 4.39 Å². The van der Waals surface area contributed by atoms with Crippen molar-refractivity contribution in [3.8, 4) is 5.75 Å². The zero-order chi connectivity index (χ0) is 20.9. The Labute approximate surface area is 171 Å². The van der Waals surface area contributed by atoms with Crippen LogP contribution in [0.5, 0.6) is 5.75 Å². The van der Waals surface area contributed by atoms with E-state index in [-0.39, 0.29) is 23.7 Å². The Kier molecular flexibility index (Phi) is 6.32. The van der Waals surface area contributed by atoms with Crippen molar-refractivity contribution in [3.05, 3.63) is 101 Å². The number of amides is 1. The van der Waals surface area contributed by atoms with E-state index in [0.29, 0.717) is 17.7 Å². The summed E-state index contributed by atoms with van der Waals surface area (Å²) in [5.74, 6) is 0.249. The van der Waals surface area contributed by atoms with E-state index >= 15 is 0 Å². The number of ether oxygens (including phenoxy) is 1. The van der Waals surface area contributed by atoms with Crippen molar-refractivity contribution >= 4 is 5.91 Å². The summed E-state index contributed by atoms with van der Waals surface area (Å²) < 4.78 is 19.5. The van der Waals surface area contributed by atoms with Crippen molar-refractivity contribution < 1.29 is 13.9 Å². The van der Waals surface area contributed by atoms with Crippen molar-refractivity contribution in [2.24, 2.45) is 0 Å². The smallest absolute Gasteiger partial charge is 0.251 e. The van der Waals surface area contributed by atoms with Crippen LogP contribution in [0.2, 0.25) is 0 Å². The monoisotopic (exact) mass is 391 g/mol. The summed E-state index contributed by atoms with van der Waals surface area (Å²) in [5, 5.41) is 2.74. The third-order valence-electron chi connectivity index (χ3n) is 4.74. The van der Waals surface area contributed by atoms with Gasteiger partial charge in [0.15, 0.2) is 0 Å². The fraction of sp³-hybridized carbons (Fsp3) is 0.240. The van der Waals surface area contributed by atoms with E-state index in [2.05, 4.69) is 38.2 Å². The molecule has 0 heterocycles. The molecule has 0 aliphatic carbocycles. The van der Waals surface area contributed by atoms with Crippen LogP contribution in [0.25, 0.3) is 0 Å². The predicted molar refractivity (Wildman–Crippen MR) is 113 cm³/mol. The number of carbonyl (C=O) groups excluding carboxylic acids is 1. The highest BCUT2D eigenvalue weighted by molar-refractivity contribution is 5.94. The first-order valence-corrected chi connectivity index (χ1v) is 9.67. The normalized spacial score (nSPS) is 11.2. The van der Waals surface area contributed by atoms with Gasteiger partial charge in [0, 0.05) is 17.7 Å². The molecule has 0 fully saturated rings. The molecule has 0 radical (unpaired) electrons. The van der Waals surface area contributed by atoms with Gasteiger partial charge in [-0.05, 0) is 46.9 Å². The van der Waals surface area contributed by atoms with Crippen LogP contribution in [0.1, 0.15) is 47.8 Å². The van der Waals surface area contributed by atoms with Crippen LogP contribution in [-0.4, -0.2) is 5.91 Å². The molecule has 0 unspecified atom stereocenters. The zero-order valence-corrected chi connectivity index (χ0v) is 17.0. The summed E-state index contributed by atoms with van der Waals surface area (Å²) in [4.78, 5) is 12.3. The van der Waals surface area contributed by atoms with E-state index in [1.165, 1.54) is 11.6 Å². The van der Waals surface area contributed by atoms with E-state index in [1.807, 2.05) is 24.3 Å². The van der Waals surface area contributed by atoms with E-state index in [9.17, 15) is 9.18 Å². The number of hydrogen-bond donors (Lipinski definition) is 1. The van der Waals surface area contributed by atoms with Crippen LogP contribution in [-0.2, 0) is 18.6 Å². The van der Waals surface area contributed by atoms with Crippen molar-refractivity contribution in [2.45, 2.75) is 39.3 Å². The third-order valence-corrected chi connectivity index (χ3v) is 4.74. The van der Waals surface area contributed by atoms with E-state index in [1.54, 1.807) is 30.3 Å². The second-order valence-electron chi connectivity index (χ2n) is 8.03. The van der Waals surface area contributed by atoms with Crippen LogP contribution in [0, 0.1) is 5.82 Å². The minimum Gasteiger partial charge on any atom is -0.489 e. The fourth-order valence-electron chi connectivity index (χ4n) is 2.89. The molecule has 0 saturated carbocycles. The molecule has 3 rings (SSSR count). The molecule has 0 atom stereocenters. The van der Waals surface area contributed by atoms with Crippen LogP contribution in [0.15, 0.2) is 72.8 Å². The highest BCUT2D eigenvalue weighted by atomic mass is 19.1. The number of halogens is 1. The number of nitrogens with one attached hydrogen (secondary N) is 1. The van der Waals surface area contributed by atoms with Gasteiger partial charge in [-0.2, -0.15) is 0 Å². The Bertz CT molecular complexity index is 957. The minimum absolute atomic E-state index is 0.112. The second-order valence-corrected chi connectivity index (χ2v) is 8.03. The number of carbonyl (C=O) groups is 1. The maximum atomic E-state index is 13.6. The van der Waals surface area contributed by atoms with Gasteiger partial charge in [-0.3, -0.25) is 4.79 Å². The molecule has 3 aromatic rings. The molecular formula is C25H26FNO2. The predicted octanol–water partition coefficient (Wildman–Crippen LogP) is 5.63. The Hall–Kier alpha value is -3.14. The van der Waals surface area contributed by atoms with E-state index < -0.39 is 0 Å². The SMILES string of the molecule is CC(C)(C)c1ccc(OCc2ccc(C(=O)NCc3ccccc3F)cc2)cc1. The fourth-order valence-corrected chi connectivity index (χ4v) is 2.89. The van der Waals surface area contributed by atoms with Crippen LogP contribution >= 0.6 is 0 Å². The van der Waals surface area contributed by atoms with E-state index in [0.717, 1.165) is 11.3 Å². The molecule has 29 heavy (non-hydrogen) atoms. The summed E-state index contributed by atoms with van der Waals surface area (Å²) >= 11 is 0. The lowest BCUT2D eigenvalue weighted by Crippen LogP contribution is -2.23. The van der Waals surface area contributed by atoms with Gasteiger partial charge in [0.2, 0.25) is 0 Å². The second kappa shape index (κ2) is 8.91. The lowest BCUT2D eigenvalue weighted by molar-refractivity contribution is 0.0950. The minimum atomic E-state index is -0.323. The van der Waals surface area contributed by atoms with Crippen molar-refractivity contribution in [3.63, 3.8) is 0 Å². The summed E-state index contributed by atoms with van der Waals surface area (Å²) in [5.41, 5.74) is 3.33. The maximum absolute atomic E-state index is 13.6. The van der Waals surface area contributed by atoms with Crippen molar-refractivity contribution in [1.29, 1.82) is 0 Å². The van der Waals surface area contributed by atoms with E-state index in [4.69, 9.17) is 4.74 Å². The molecule has 1 N–H and O–H groups in total. The highest BCUT2D eigenvalue weighted by Gasteiger charge is 2.13. The number of benzene rings is 3.